The van der Waals surface area contributed by atoms with Gasteiger partial charge in [-0.1, -0.05) is 41.9 Å². The molecule has 0 saturated heterocycles. The number of carbonyl (C=O) groups is 1. The zero-order chi connectivity index (χ0) is 15.9. The molecule has 2 N–H and O–H groups in total. The van der Waals surface area contributed by atoms with Gasteiger partial charge in [-0.2, -0.15) is 0 Å². The topological polar surface area (TPSA) is 49.3 Å². The van der Waals surface area contributed by atoms with E-state index in [-0.39, 0.29) is 23.3 Å². The maximum absolute atomic E-state index is 12.0. The van der Waals surface area contributed by atoms with Crippen LogP contribution in [0.15, 0.2) is 48.2 Å². The molecular formula is C18H16ClNO2. The molecule has 1 unspecified atom stereocenters. The van der Waals surface area contributed by atoms with Crippen molar-refractivity contribution in [1.29, 1.82) is 0 Å². The van der Waals surface area contributed by atoms with E-state index in [1.165, 1.54) is 0 Å². The van der Waals surface area contributed by atoms with Crippen LogP contribution in [0.1, 0.15) is 18.1 Å². The molecule has 0 saturated carbocycles. The molecule has 112 valence electrons. The summed E-state index contributed by atoms with van der Waals surface area (Å²) in [5.74, 6) is -0.252. The van der Waals surface area contributed by atoms with Gasteiger partial charge in [-0.25, -0.2) is 0 Å². The number of hydrogen-bond donors (Lipinski definition) is 2. The number of aliphatic hydroxyl groups is 1. The van der Waals surface area contributed by atoms with Crippen LogP contribution in [0.2, 0.25) is 5.02 Å². The molecule has 0 spiro atoms. The van der Waals surface area contributed by atoms with Gasteiger partial charge >= 0.3 is 0 Å². The number of aryl methyl sites for hydroxylation is 1. The molecule has 1 aliphatic rings. The molecule has 2 aromatic carbocycles. The van der Waals surface area contributed by atoms with Gasteiger partial charge < -0.3 is 10.4 Å². The zero-order valence-electron chi connectivity index (χ0n) is 12.4. The molecule has 1 atom stereocenters. The molecule has 0 radical (unpaired) electrons. The highest BCUT2D eigenvalue weighted by molar-refractivity contribution is 6.35. The standard InChI is InChI=1S/C18H16ClNO2/c1-10-8-14(16-17(21)11(2)20-18(16)22)15(19)9-13(10)12-6-4-3-5-7-12/h3-9,11,21H,1-2H3,(H,20,22). The fraction of sp³-hybridized carbons (Fsp3) is 0.167. The molecule has 1 heterocycles. The Kier molecular flexibility index (Phi) is 3.67. The quantitative estimate of drug-likeness (QED) is 0.877. The van der Waals surface area contributed by atoms with Crippen molar-refractivity contribution in [1.82, 2.24) is 5.32 Å². The molecule has 0 bridgehead atoms. The van der Waals surface area contributed by atoms with Crippen LogP contribution in [-0.4, -0.2) is 17.1 Å². The van der Waals surface area contributed by atoms with Gasteiger partial charge in [0.05, 0.1) is 11.6 Å². The van der Waals surface area contributed by atoms with E-state index in [9.17, 15) is 9.90 Å². The summed E-state index contributed by atoms with van der Waals surface area (Å²) in [4.78, 5) is 12.0. The lowest BCUT2D eigenvalue weighted by molar-refractivity contribution is -0.115. The number of rotatable bonds is 2. The Morgan fingerprint density at radius 2 is 1.82 bits per heavy atom. The molecule has 1 amide bonds. The average Bonchev–Trinajstić information content (AvgIpc) is 2.75. The number of carbonyl (C=O) groups excluding carboxylic acids is 1. The summed E-state index contributed by atoms with van der Waals surface area (Å²) in [5.41, 5.74) is 3.91. The SMILES string of the molecule is Cc1cc(C2=C(O)C(C)NC2=O)c(Cl)cc1-c1ccccc1. The molecule has 0 aromatic heterocycles. The normalized spacial score (nSPS) is 17.8. The van der Waals surface area contributed by atoms with E-state index in [1.807, 2.05) is 49.4 Å². The predicted octanol–water partition coefficient (Wildman–Crippen LogP) is 4.10. The fourth-order valence-corrected chi connectivity index (χ4v) is 2.99. The second kappa shape index (κ2) is 5.50. The van der Waals surface area contributed by atoms with Crippen LogP contribution in [0.5, 0.6) is 0 Å². The van der Waals surface area contributed by atoms with Crippen molar-refractivity contribution in [2.45, 2.75) is 19.9 Å². The fourth-order valence-electron chi connectivity index (χ4n) is 2.73. The largest absolute Gasteiger partial charge is 0.509 e. The minimum absolute atomic E-state index is 0.0405. The van der Waals surface area contributed by atoms with Gasteiger partial charge in [0.25, 0.3) is 5.91 Å². The van der Waals surface area contributed by atoms with Gasteiger partial charge in [0, 0.05) is 10.6 Å². The van der Waals surface area contributed by atoms with Gasteiger partial charge in [0.1, 0.15) is 5.76 Å². The molecule has 22 heavy (non-hydrogen) atoms. The third kappa shape index (κ3) is 2.38. The van der Waals surface area contributed by atoms with E-state index in [2.05, 4.69) is 5.32 Å². The summed E-state index contributed by atoms with van der Waals surface area (Å²) in [6.45, 7) is 3.70. The first-order chi connectivity index (χ1) is 10.5. The first kappa shape index (κ1) is 14.7. The molecule has 3 nitrogen and oxygen atoms in total. The molecule has 1 aliphatic heterocycles. The van der Waals surface area contributed by atoms with Crippen LogP contribution < -0.4 is 5.32 Å². The highest BCUT2D eigenvalue weighted by Gasteiger charge is 2.31. The van der Waals surface area contributed by atoms with E-state index in [1.54, 1.807) is 6.92 Å². The van der Waals surface area contributed by atoms with Crippen LogP contribution in [0.3, 0.4) is 0 Å². The van der Waals surface area contributed by atoms with Crippen molar-refractivity contribution < 1.29 is 9.90 Å². The Labute approximate surface area is 134 Å². The Bertz CT molecular complexity index is 781. The summed E-state index contributed by atoms with van der Waals surface area (Å²) >= 11 is 6.38. The zero-order valence-corrected chi connectivity index (χ0v) is 13.1. The Morgan fingerprint density at radius 3 is 2.41 bits per heavy atom. The minimum atomic E-state index is -0.382. The van der Waals surface area contributed by atoms with Crippen molar-refractivity contribution in [3.05, 3.63) is 64.4 Å². The van der Waals surface area contributed by atoms with E-state index in [0.717, 1.165) is 16.7 Å². The number of nitrogens with one attached hydrogen (secondary N) is 1. The van der Waals surface area contributed by atoms with Crippen molar-refractivity contribution in [3.8, 4) is 11.1 Å². The first-order valence-electron chi connectivity index (χ1n) is 7.09. The molecule has 0 fully saturated rings. The van der Waals surface area contributed by atoms with Crippen LogP contribution in [0, 0.1) is 6.92 Å². The van der Waals surface area contributed by atoms with Crippen molar-refractivity contribution in [2.75, 3.05) is 0 Å². The van der Waals surface area contributed by atoms with E-state index in [4.69, 9.17) is 11.6 Å². The van der Waals surface area contributed by atoms with Crippen LogP contribution >= 0.6 is 11.6 Å². The Hall–Kier alpha value is -2.26. The number of benzene rings is 2. The second-order valence-electron chi connectivity index (χ2n) is 5.47. The summed E-state index contributed by atoms with van der Waals surface area (Å²) in [6, 6.07) is 13.2. The molecule has 4 heteroatoms. The van der Waals surface area contributed by atoms with Gasteiger partial charge in [0.15, 0.2) is 0 Å². The molecule has 3 rings (SSSR count). The summed E-state index contributed by atoms with van der Waals surface area (Å²) < 4.78 is 0. The second-order valence-corrected chi connectivity index (χ2v) is 5.88. The number of amides is 1. The highest BCUT2D eigenvalue weighted by Crippen LogP contribution is 2.35. The highest BCUT2D eigenvalue weighted by atomic mass is 35.5. The van der Waals surface area contributed by atoms with Crippen LogP contribution in [0.25, 0.3) is 16.7 Å². The van der Waals surface area contributed by atoms with Crippen LogP contribution in [0.4, 0.5) is 0 Å². The maximum atomic E-state index is 12.0. The summed E-state index contributed by atoms with van der Waals surface area (Å²) in [7, 11) is 0. The Morgan fingerprint density at radius 1 is 1.14 bits per heavy atom. The predicted molar refractivity (Wildman–Crippen MR) is 88.8 cm³/mol. The van der Waals surface area contributed by atoms with Gasteiger partial charge in [-0.3, -0.25) is 4.79 Å². The van der Waals surface area contributed by atoms with Gasteiger partial charge in [-0.05, 0) is 42.7 Å². The average molecular weight is 314 g/mol. The first-order valence-corrected chi connectivity index (χ1v) is 7.46. The van der Waals surface area contributed by atoms with Crippen LogP contribution in [-0.2, 0) is 4.79 Å². The van der Waals surface area contributed by atoms with Crippen molar-refractivity contribution in [2.24, 2.45) is 0 Å². The van der Waals surface area contributed by atoms with E-state index in [0.29, 0.717) is 10.6 Å². The smallest absolute Gasteiger partial charge is 0.256 e. The number of aliphatic hydroxyl groups excluding tert-OH is 1. The van der Waals surface area contributed by atoms with Crippen molar-refractivity contribution >= 4 is 23.1 Å². The van der Waals surface area contributed by atoms with E-state index >= 15 is 0 Å². The number of hydrogen-bond acceptors (Lipinski definition) is 2. The minimum Gasteiger partial charge on any atom is -0.509 e. The summed E-state index contributed by atoms with van der Waals surface area (Å²) in [6.07, 6.45) is 0. The summed E-state index contributed by atoms with van der Waals surface area (Å²) in [5, 5.41) is 13.3. The third-order valence-corrected chi connectivity index (χ3v) is 4.22. The molecular weight excluding hydrogens is 298 g/mol. The lowest BCUT2D eigenvalue weighted by atomic mass is 9.95. The lowest BCUT2D eigenvalue weighted by Crippen LogP contribution is -2.25. The van der Waals surface area contributed by atoms with Crippen molar-refractivity contribution in [3.63, 3.8) is 0 Å². The van der Waals surface area contributed by atoms with E-state index < -0.39 is 0 Å². The molecule has 2 aromatic rings. The van der Waals surface area contributed by atoms with Gasteiger partial charge in [0.2, 0.25) is 0 Å². The maximum Gasteiger partial charge on any atom is 0.256 e. The number of halogens is 1. The Balaban J connectivity index is 2.14. The third-order valence-electron chi connectivity index (χ3n) is 3.91. The van der Waals surface area contributed by atoms with Gasteiger partial charge in [-0.15, -0.1) is 0 Å². The molecule has 0 aliphatic carbocycles. The lowest BCUT2D eigenvalue weighted by Gasteiger charge is -2.11. The monoisotopic (exact) mass is 313 g/mol.